The van der Waals surface area contributed by atoms with E-state index >= 15 is 0 Å². The number of carbonyl (C=O) groups is 1. The minimum atomic E-state index is -0.424. The van der Waals surface area contributed by atoms with Gasteiger partial charge >= 0.3 is 0 Å². The molecule has 1 N–H and O–H groups in total. The molecular weight excluding hydrogens is 240 g/mol. The monoisotopic (exact) mass is 262 g/mol. The van der Waals surface area contributed by atoms with E-state index in [0.717, 1.165) is 31.6 Å². The van der Waals surface area contributed by atoms with E-state index in [4.69, 9.17) is 0 Å². The average molecular weight is 262 g/mol. The Hall–Kier alpha value is -1.39. The molecule has 4 heteroatoms. The zero-order chi connectivity index (χ0) is 13.8. The summed E-state index contributed by atoms with van der Waals surface area (Å²) in [5.41, 5.74) is 2.17. The van der Waals surface area contributed by atoms with Crippen LogP contribution in [0.5, 0.6) is 0 Å². The highest BCUT2D eigenvalue weighted by atomic mass is 16.3. The van der Waals surface area contributed by atoms with Gasteiger partial charge in [-0.15, -0.1) is 0 Å². The van der Waals surface area contributed by atoms with Gasteiger partial charge in [0.1, 0.15) is 6.04 Å². The molecule has 0 aliphatic carbocycles. The van der Waals surface area contributed by atoms with Crippen molar-refractivity contribution in [1.29, 1.82) is 0 Å². The van der Waals surface area contributed by atoms with Gasteiger partial charge in [0, 0.05) is 18.8 Å². The van der Waals surface area contributed by atoms with Crippen LogP contribution in [0.1, 0.15) is 18.9 Å². The van der Waals surface area contributed by atoms with E-state index in [0.29, 0.717) is 0 Å². The van der Waals surface area contributed by atoms with Gasteiger partial charge in [-0.25, -0.2) is 0 Å². The van der Waals surface area contributed by atoms with E-state index in [1.165, 1.54) is 5.56 Å². The maximum atomic E-state index is 12.6. The molecule has 0 radical (unpaired) electrons. The zero-order valence-corrected chi connectivity index (χ0v) is 11.7. The molecule has 4 nitrogen and oxygen atoms in total. The topological polar surface area (TPSA) is 43.8 Å². The molecule has 2 rings (SSSR count). The number of hydrogen-bond acceptors (Lipinski definition) is 3. The zero-order valence-electron chi connectivity index (χ0n) is 11.7. The largest absolute Gasteiger partial charge is 0.394 e. The lowest BCUT2D eigenvalue weighted by atomic mass is 10.1. The normalized spacial score (nSPS) is 21.5. The lowest BCUT2D eigenvalue weighted by molar-refractivity contribution is -0.123. The van der Waals surface area contributed by atoms with Crippen LogP contribution in [0.2, 0.25) is 0 Å². The van der Waals surface area contributed by atoms with Crippen molar-refractivity contribution in [2.45, 2.75) is 25.8 Å². The third kappa shape index (κ3) is 2.80. The highest BCUT2D eigenvalue weighted by molar-refractivity contribution is 5.98. The van der Waals surface area contributed by atoms with Crippen LogP contribution in [0.3, 0.4) is 0 Å². The Labute approximate surface area is 114 Å². The Morgan fingerprint density at radius 2 is 2.05 bits per heavy atom. The molecule has 1 saturated heterocycles. The van der Waals surface area contributed by atoms with E-state index in [1.807, 2.05) is 35.0 Å². The maximum Gasteiger partial charge on any atom is 0.246 e. The SMILES string of the molecule is CCc1ccccc1N1CCCN(C)C(CO)C1=O. The molecule has 1 aliphatic rings. The Morgan fingerprint density at radius 3 is 2.74 bits per heavy atom. The van der Waals surface area contributed by atoms with Gasteiger partial charge in [-0.1, -0.05) is 25.1 Å². The first kappa shape index (κ1) is 14.0. The van der Waals surface area contributed by atoms with Crippen LogP contribution in [0.15, 0.2) is 24.3 Å². The third-order valence-corrected chi connectivity index (χ3v) is 3.81. The number of hydrogen-bond donors (Lipinski definition) is 1. The van der Waals surface area contributed by atoms with Crippen LogP contribution in [-0.4, -0.2) is 48.7 Å². The number of amides is 1. The summed E-state index contributed by atoms with van der Waals surface area (Å²) in [4.78, 5) is 16.4. The Balaban J connectivity index is 2.34. The van der Waals surface area contributed by atoms with Crippen LogP contribution in [-0.2, 0) is 11.2 Å². The summed E-state index contributed by atoms with van der Waals surface area (Å²) in [6, 6.07) is 7.60. The summed E-state index contributed by atoms with van der Waals surface area (Å²) in [6.07, 6.45) is 1.83. The fourth-order valence-corrected chi connectivity index (χ4v) is 2.64. The maximum absolute atomic E-state index is 12.6. The highest BCUT2D eigenvalue weighted by Gasteiger charge is 2.31. The summed E-state index contributed by atoms with van der Waals surface area (Å²) < 4.78 is 0. The van der Waals surface area contributed by atoms with E-state index in [2.05, 4.69) is 13.0 Å². The summed E-state index contributed by atoms with van der Waals surface area (Å²) in [5.74, 6) is 0.00315. The first-order chi connectivity index (χ1) is 9.19. The number of rotatable bonds is 3. The number of carbonyl (C=O) groups excluding carboxylic acids is 1. The minimum absolute atomic E-state index is 0.00315. The van der Waals surface area contributed by atoms with Crippen LogP contribution in [0, 0.1) is 0 Å². The number of anilines is 1. The van der Waals surface area contributed by atoms with Crippen LogP contribution < -0.4 is 4.90 Å². The number of aryl methyl sites for hydroxylation is 1. The van der Waals surface area contributed by atoms with E-state index in [-0.39, 0.29) is 12.5 Å². The van der Waals surface area contributed by atoms with Crippen molar-refractivity contribution in [2.24, 2.45) is 0 Å². The molecule has 0 bridgehead atoms. The van der Waals surface area contributed by atoms with Gasteiger partial charge in [0.05, 0.1) is 6.61 Å². The van der Waals surface area contributed by atoms with Crippen LogP contribution >= 0.6 is 0 Å². The second-order valence-electron chi connectivity index (χ2n) is 5.00. The van der Waals surface area contributed by atoms with Gasteiger partial charge in [0.25, 0.3) is 0 Å². The number of aliphatic hydroxyl groups excluding tert-OH is 1. The molecule has 0 spiro atoms. The molecule has 1 atom stereocenters. The first-order valence-electron chi connectivity index (χ1n) is 6.89. The Bertz CT molecular complexity index is 448. The van der Waals surface area contributed by atoms with Gasteiger partial charge < -0.3 is 10.0 Å². The Kier molecular flexibility index (Phi) is 4.56. The first-order valence-corrected chi connectivity index (χ1v) is 6.89. The fraction of sp³-hybridized carbons (Fsp3) is 0.533. The molecule has 1 aromatic rings. The summed E-state index contributed by atoms with van der Waals surface area (Å²) >= 11 is 0. The van der Waals surface area contributed by atoms with Crippen molar-refractivity contribution in [1.82, 2.24) is 4.90 Å². The molecule has 1 aliphatic heterocycles. The van der Waals surface area contributed by atoms with Gasteiger partial charge in [0.15, 0.2) is 0 Å². The third-order valence-electron chi connectivity index (χ3n) is 3.81. The van der Waals surface area contributed by atoms with Crippen molar-refractivity contribution < 1.29 is 9.90 Å². The number of nitrogens with zero attached hydrogens (tertiary/aromatic N) is 2. The molecule has 19 heavy (non-hydrogen) atoms. The molecule has 1 aromatic carbocycles. The summed E-state index contributed by atoms with van der Waals surface area (Å²) in [6.45, 7) is 3.52. The molecule has 1 fully saturated rings. The number of likely N-dealkylation sites (N-methyl/N-ethyl adjacent to an activating group) is 1. The van der Waals surface area contributed by atoms with Gasteiger partial charge in [-0.05, 0) is 31.5 Å². The lowest BCUT2D eigenvalue weighted by Crippen LogP contribution is -2.46. The smallest absolute Gasteiger partial charge is 0.246 e. The molecule has 1 amide bonds. The molecule has 1 heterocycles. The van der Waals surface area contributed by atoms with Crippen LogP contribution in [0.4, 0.5) is 5.69 Å². The number of para-hydroxylation sites is 1. The summed E-state index contributed by atoms with van der Waals surface area (Å²) in [7, 11) is 1.90. The number of benzene rings is 1. The number of aliphatic hydroxyl groups is 1. The van der Waals surface area contributed by atoms with Crippen molar-refractivity contribution >= 4 is 11.6 Å². The van der Waals surface area contributed by atoms with Gasteiger partial charge in [-0.2, -0.15) is 0 Å². The predicted octanol–water partition coefficient (Wildman–Crippen LogP) is 1.28. The second-order valence-corrected chi connectivity index (χ2v) is 5.00. The summed E-state index contributed by atoms with van der Waals surface area (Å²) in [5, 5.41) is 9.46. The molecule has 0 aromatic heterocycles. The minimum Gasteiger partial charge on any atom is -0.394 e. The van der Waals surface area contributed by atoms with Crippen molar-refractivity contribution in [2.75, 3.05) is 31.6 Å². The van der Waals surface area contributed by atoms with E-state index < -0.39 is 6.04 Å². The van der Waals surface area contributed by atoms with E-state index in [1.54, 1.807) is 0 Å². The quantitative estimate of drug-likeness (QED) is 0.892. The van der Waals surface area contributed by atoms with Crippen molar-refractivity contribution in [3.8, 4) is 0 Å². The lowest BCUT2D eigenvalue weighted by Gasteiger charge is -2.28. The van der Waals surface area contributed by atoms with E-state index in [9.17, 15) is 9.90 Å². The predicted molar refractivity (Wildman–Crippen MR) is 76.3 cm³/mol. The second kappa shape index (κ2) is 6.17. The van der Waals surface area contributed by atoms with Crippen LogP contribution in [0.25, 0.3) is 0 Å². The Morgan fingerprint density at radius 1 is 1.32 bits per heavy atom. The van der Waals surface area contributed by atoms with Gasteiger partial charge in [0.2, 0.25) is 5.91 Å². The molecule has 0 saturated carbocycles. The average Bonchev–Trinajstić information content (AvgIpc) is 2.57. The standard InChI is InChI=1S/C15H22N2O2/c1-3-12-7-4-5-8-13(12)17-10-6-9-16(2)14(11-18)15(17)19/h4-5,7-8,14,18H,3,6,9-11H2,1-2H3. The van der Waals surface area contributed by atoms with Gasteiger partial charge in [-0.3, -0.25) is 9.69 Å². The molecule has 104 valence electrons. The van der Waals surface area contributed by atoms with Crippen molar-refractivity contribution in [3.63, 3.8) is 0 Å². The molecule has 1 unspecified atom stereocenters. The fourth-order valence-electron chi connectivity index (χ4n) is 2.64. The highest BCUT2D eigenvalue weighted by Crippen LogP contribution is 2.24. The molecular formula is C15H22N2O2. The van der Waals surface area contributed by atoms with Crippen molar-refractivity contribution in [3.05, 3.63) is 29.8 Å².